The van der Waals surface area contributed by atoms with E-state index in [0.717, 1.165) is 15.4 Å². The molecule has 0 amide bonds. The zero-order valence-electron chi connectivity index (χ0n) is 8.67. The van der Waals surface area contributed by atoms with E-state index < -0.39 is 0 Å². The monoisotopic (exact) mass is 313 g/mol. The molecule has 0 bridgehead atoms. The number of benzene rings is 1. The van der Waals surface area contributed by atoms with Gasteiger partial charge in [0.25, 0.3) is 0 Å². The van der Waals surface area contributed by atoms with E-state index in [1.165, 1.54) is 5.56 Å². The van der Waals surface area contributed by atoms with E-state index in [1.54, 1.807) is 11.3 Å². The number of halogens is 1. The van der Waals surface area contributed by atoms with Gasteiger partial charge in [-0.05, 0) is 5.56 Å². The van der Waals surface area contributed by atoms with Gasteiger partial charge < -0.3 is 0 Å². The summed E-state index contributed by atoms with van der Waals surface area (Å²) in [6.07, 6.45) is 1.86. The summed E-state index contributed by atoms with van der Waals surface area (Å²) in [5.74, 6) is 1.62. The molecule has 1 aromatic carbocycles. The number of hydrogen-bond acceptors (Lipinski definition) is 3. The lowest BCUT2D eigenvalue weighted by molar-refractivity contribution is 0.901. The van der Waals surface area contributed by atoms with E-state index in [-0.39, 0.29) is 0 Å². The molecule has 0 aliphatic rings. The van der Waals surface area contributed by atoms with Gasteiger partial charge in [0.2, 0.25) is 0 Å². The summed E-state index contributed by atoms with van der Waals surface area (Å²) in [4.78, 5) is 4.28. The lowest BCUT2D eigenvalue weighted by atomic mass is 10.0. The molecular weight excluding hydrogens is 302 g/mol. The number of hydrogen-bond donors (Lipinski definition) is 0. The van der Waals surface area contributed by atoms with E-state index in [0.29, 0.717) is 5.92 Å². The van der Waals surface area contributed by atoms with Crippen molar-refractivity contribution in [2.24, 2.45) is 0 Å². The summed E-state index contributed by atoms with van der Waals surface area (Å²) >= 11 is 7.13. The molecule has 0 aliphatic heterocycles. The third-order valence-electron chi connectivity index (χ3n) is 2.27. The maximum atomic E-state index is 4.28. The molecule has 16 heavy (non-hydrogen) atoms. The highest BCUT2D eigenvalue weighted by molar-refractivity contribution is 9.09. The van der Waals surface area contributed by atoms with Crippen molar-refractivity contribution in [3.8, 4) is 0 Å². The normalized spacial score (nSPS) is 12.6. The Balaban J connectivity index is 1.96. The van der Waals surface area contributed by atoms with Gasteiger partial charge in [0.15, 0.2) is 0 Å². The summed E-state index contributed by atoms with van der Waals surface area (Å²) in [7, 11) is 0. The van der Waals surface area contributed by atoms with Crippen LogP contribution in [0.4, 0.5) is 0 Å². The van der Waals surface area contributed by atoms with Gasteiger partial charge in [-0.15, -0.1) is 11.3 Å². The molecule has 0 radical (unpaired) electrons. The summed E-state index contributed by atoms with van der Waals surface area (Å²) in [5, 5.41) is 3.02. The number of thiazole rings is 1. The molecule has 2 aromatic rings. The minimum absolute atomic E-state index is 0.551. The number of rotatable bonds is 5. The van der Waals surface area contributed by atoms with Crippen LogP contribution in [0.1, 0.15) is 11.5 Å². The van der Waals surface area contributed by atoms with Crippen LogP contribution in [0.5, 0.6) is 0 Å². The van der Waals surface area contributed by atoms with E-state index in [1.807, 2.05) is 23.3 Å². The fourth-order valence-electron chi connectivity index (χ4n) is 1.41. The maximum Gasteiger partial charge on any atom is 0.149 e. The van der Waals surface area contributed by atoms with Crippen LogP contribution in [0.3, 0.4) is 0 Å². The van der Waals surface area contributed by atoms with E-state index in [9.17, 15) is 0 Å². The van der Waals surface area contributed by atoms with Gasteiger partial charge in [-0.25, -0.2) is 4.98 Å². The molecule has 1 heterocycles. The van der Waals surface area contributed by atoms with Gasteiger partial charge in [-0.1, -0.05) is 58.0 Å². The highest BCUT2D eigenvalue weighted by Crippen LogP contribution is 2.28. The molecule has 1 unspecified atom stereocenters. The molecule has 0 spiro atoms. The lowest BCUT2D eigenvalue weighted by Gasteiger charge is -2.12. The number of thioether (sulfide) groups is 1. The van der Waals surface area contributed by atoms with Crippen molar-refractivity contribution in [3.63, 3.8) is 0 Å². The van der Waals surface area contributed by atoms with Crippen LogP contribution in [0, 0.1) is 0 Å². The van der Waals surface area contributed by atoms with Crippen molar-refractivity contribution in [2.45, 2.75) is 10.3 Å². The van der Waals surface area contributed by atoms with Crippen LogP contribution in [0.2, 0.25) is 0 Å². The van der Waals surface area contributed by atoms with Crippen molar-refractivity contribution < 1.29 is 0 Å². The van der Waals surface area contributed by atoms with Crippen LogP contribution < -0.4 is 0 Å². The van der Waals surface area contributed by atoms with Gasteiger partial charge in [0.05, 0.1) is 0 Å². The first-order chi connectivity index (χ1) is 7.90. The van der Waals surface area contributed by atoms with Crippen LogP contribution in [-0.4, -0.2) is 16.1 Å². The quantitative estimate of drug-likeness (QED) is 0.599. The summed E-state index contributed by atoms with van der Waals surface area (Å²) in [5.41, 5.74) is 1.39. The number of aromatic nitrogens is 1. The summed E-state index contributed by atoms with van der Waals surface area (Å²) < 4.78 is 1.15. The molecule has 0 fully saturated rings. The predicted molar refractivity (Wildman–Crippen MR) is 75.8 cm³/mol. The SMILES string of the molecule is BrCC(CSc1nccs1)c1ccccc1. The zero-order valence-corrected chi connectivity index (χ0v) is 11.9. The van der Waals surface area contributed by atoms with Crippen molar-refractivity contribution >= 4 is 39.0 Å². The van der Waals surface area contributed by atoms with Crippen LogP contribution in [0.25, 0.3) is 0 Å². The smallest absolute Gasteiger partial charge is 0.149 e. The lowest BCUT2D eigenvalue weighted by Crippen LogP contribution is -2.03. The first-order valence-corrected chi connectivity index (χ1v) is 8.02. The van der Waals surface area contributed by atoms with Crippen LogP contribution in [0.15, 0.2) is 46.2 Å². The molecule has 1 nitrogen and oxygen atoms in total. The molecule has 0 aliphatic carbocycles. The Bertz CT molecular complexity index is 402. The van der Waals surface area contributed by atoms with Gasteiger partial charge in [0.1, 0.15) is 4.34 Å². The van der Waals surface area contributed by atoms with Crippen molar-refractivity contribution in [1.29, 1.82) is 0 Å². The fraction of sp³-hybridized carbons (Fsp3) is 0.250. The summed E-state index contributed by atoms with van der Waals surface area (Å²) in [6, 6.07) is 10.6. The molecule has 0 saturated heterocycles. The highest BCUT2D eigenvalue weighted by Gasteiger charge is 2.10. The van der Waals surface area contributed by atoms with Gasteiger partial charge in [-0.3, -0.25) is 0 Å². The van der Waals surface area contributed by atoms with E-state index >= 15 is 0 Å². The first kappa shape index (κ1) is 12.1. The minimum atomic E-state index is 0.551. The molecule has 4 heteroatoms. The zero-order chi connectivity index (χ0) is 11.2. The molecule has 84 valence electrons. The standard InChI is InChI=1S/C12H12BrNS2/c13-8-11(10-4-2-1-3-5-10)9-16-12-14-6-7-15-12/h1-7,11H,8-9H2. The van der Waals surface area contributed by atoms with Crippen LogP contribution >= 0.6 is 39.0 Å². The Morgan fingerprint density at radius 1 is 1.31 bits per heavy atom. The third-order valence-corrected chi connectivity index (χ3v) is 5.18. The second-order valence-corrected chi connectivity index (χ2v) is 6.18. The second-order valence-electron chi connectivity index (χ2n) is 3.37. The Labute approximate surface area is 112 Å². The minimum Gasteiger partial charge on any atom is -0.238 e. The molecule has 1 aromatic heterocycles. The predicted octanol–water partition coefficient (Wildman–Crippen LogP) is 4.41. The topological polar surface area (TPSA) is 12.9 Å². The number of nitrogens with zero attached hydrogens (tertiary/aromatic N) is 1. The average Bonchev–Trinajstić information content (AvgIpc) is 2.84. The second kappa shape index (κ2) is 6.42. The molecule has 1 atom stereocenters. The Morgan fingerprint density at radius 3 is 2.75 bits per heavy atom. The molecule has 2 rings (SSSR count). The molecular formula is C12H12BrNS2. The highest BCUT2D eigenvalue weighted by atomic mass is 79.9. The largest absolute Gasteiger partial charge is 0.238 e. The Morgan fingerprint density at radius 2 is 2.12 bits per heavy atom. The third kappa shape index (κ3) is 3.34. The van der Waals surface area contributed by atoms with E-state index in [2.05, 4.69) is 51.2 Å². The van der Waals surface area contributed by atoms with E-state index in [4.69, 9.17) is 0 Å². The Hall–Kier alpha value is -0.320. The van der Waals surface area contributed by atoms with Crippen molar-refractivity contribution in [1.82, 2.24) is 4.98 Å². The molecule has 0 saturated carbocycles. The number of alkyl halides is 1. The maximum absolute atomic E-state index is 4.28. The first-order valence-electron chi connectivity index (χ1n) is 5.03. The Kier molecular flexibility index (Phi) is 4.88. The van der Waals surface area contributed by atoms with Gasteiger partial charge in [-0.2, -0.15) is 0 Å². The van der Waals surface area contributed by atoms with Crippen molar-refractivity contribution in [2.75, 3.05) is 11.1 Å². The van der Waals surface area contributed by atoms with Gasteiger partial charge in [0, 0.05) is 28.6 Å². The van der Waals surface area contributed by atoms with Crippen molar-refractivity contribution in [3.05, 3.63) is 47.5 Å². The fourth-order valence-corrected chi connectivity index (χ4v) is 4.11. The summed E-state index contributed by atoms with van der Waals surface area (Å²) in [6.45, 7) is 0. The molecule has 0 N–H and O–H groups in total. The van der Waals surface area contributed by atoms with Crippen LogP contribution in [-0.2, 0) is 0 Å². The van der Waals surface area contributed by atoms with Gasteiger partial charge >= 0.3 is 0 Å². The average molecular weight is 314 g/mol.